The molecule has 0 radical (unpaired) electrons. The van der Waals surface area contributed by atoms with E-state index in [1.807, 2.05) is 50.2 Å². The Morgan fingerprint density at radius 3 is 2.52 bits per heavy atom. The highest BCUT2D eigenvalue weighted by molar-refractivity contribution is 5.99. The smallest absolute Gasteiger partial charge is 0.434 e. The van der Waals surface area contributed by atoms with Crippen molar-refractivity contribution in [3.8, 4) is 11.5 Å². The third kappa shape index (κ3) is 4.03. The van der Waals surface area contributed by atoms with Crippen molar-refractivity contribution in [1.29, 1.82) is 0 Å². The summed E-state index contributed by atoms with van der Waals surface area (Å²) >= 11 is 0. The van der Waals surface area contributed by atoms with E-state index in [1.165, 1.54) is 4.90 Å². The Kier molecular flexibility index (Phi) is 5.61. The van der Waals surface area contributed by atoms with Crippen molar-refractivity contribution in [1.82, 2.24) is 4.90 Å². The third-order valence-corrected chi connectivity index (χ3v) is 4.40. The molecule has 1 atom stereocenters. The van der Waals surface area contributed by atoms with Gasteiger partial charge in [-0.05, 0) is 56.2 Å². The van der Waals surface area contributed by atoms with Crippen molar-refractivity contribution in [2.45, 2.75) is 26.3 Å². The minimum atomic E-state index is -0.783. The number of nitrogens with two attached hydrogens (primary N) is 1. The number of hydrogen-bond acceptors (Lipinski definition) is 5. The van der Waals surface area contributed by atoms with Crippen LogP contribution in [0.5, 0.6) is 11.5 Å². The van der Waals surface area contributed by atoms with Gasteiger partial charge in [-0.1, -0.05) is 18.2 Å². The van der Waals surface area contributed by atoms with Gasteiger partial charge in [-0.3, -0.25) is 4.79 Å². The molecule has 0 bridgehead atoms. The molecule has 2 aromatic rings. The van der Waals surface area contributed by atoms with Gasteiger partial charge in [0.2, 0.25) is 0 Å². The fraction of sp³-hybridized carbons (Fsp3) is 0.300. The summed E-state index contributed by atoms with van der Waals surface area (Å²) < 4.78 is 5.84. The van der Waals surface area contributed by atoms with Gasteiger partial charge >= 0.3 is 6.09 Å². The van der Waals surface area contributed by atoms with Crippen molar-refractivity contribution in [2.75, 3.05) is 18.2 Å². The molecule has 1 aliphatic heterocycles. The van der Waals surface area contributed by atoms with Gasteiger partial charge in [0.1, 0.15) is 11.5 Å². The zero-order chi connectivity index (χ0) is 19.4. The van der Waals surface area contributed by atoms with Gasteiger partial charge in [0, 0.05) is 13.1 Å². The molecule has 1 aliphatic rings. The molecule has 2 amide bonds. The van der Waals surface area contributed by atoms with E-state index in [1.54, 1.807) is 12.1 Å². The highest BCUT2D eigenvalue weighted by atomic mass is 16.7. The second kappa shape index (κ2) is 8.09. The number of anilines is 1. The summed E-state index contributed by atoms with van der Waals surface area (Å²) in [5.74, 6) is 0.884. The Morgan fingerprint density at radius 2 is 1.85 bits per heavy atom. The number of hydrogen-bond donors (Lipinski definition) is 1. The summed E-state index contributed by atoms with van der Waals surface area (Å²) in [4.78, 5) is 31.6. The van der Waals surface area contributed by atoms with E-state index in [9.17, 15) is 9.59 Å². The molecule has 7 nitrogen and oxygen atoms in total. The number of carbonyl (C=O) groups excluding carboxylic acids is 2. The summed E-state index contributed by atoms with van der Waals surface area (Å²) in [5, 5.41) is 0.996. The van der Waals surface area contributed by atoms with Gasteiger partial charge in [0.05, 0.1) is 11.7 Å². The van der Waals surface area contributed by atoms with Gasteiger partial charge in [-0.15, -0.1) is 5.06 Å². The average molecular weight is 369 g/mol. The van der Waals surface area contributed by atoms with Crippen molar-refractivity contribution in [2.24, 2.45) is 5.73 Å². The van der Waals surface area contributed by atoms with Gasteiger partial charge < -0.3 is 20.2 Å². The monoisotopic (exact) mass is 369 g/mol. The molecule has 0 saturated heterocycles. The molecule has 7 heteroatoms. The molecular weight excluding hydrogens is 346 g/mol. The minimum Gasteiger partial charge on any atom is -0.457 e. The number of fused-ring (bicyclic) bond motifs is 1. The predicted molar refractivity (Wildman–Crippen MR) is 102 cm³/mol. The summed E-state index contributed by atoms with van der Waals surface area (Å²) in [5.41, 5.74) is 7.25. The summed E-state index contributed by atoms with van der Waals surface area (Å²) in [6, 6.07) is 13.8. The first kappa shape index (κ1) is 18.7. The molecule has 0 aliphatic carbocycles. The van der Waals surface area contributed by atoms with Gasteiger partial charge in [0.15, 0.2) is 0 Å². The third-order valence-electron chi connectivity index (χ3n) is 4.40. The highest BCUT2D eigenvalue weighted by Gasteiger charge is 2.34. The van der Waals surface area contributed by atoms with Crippen LogP contribution in [0.4, 0.5) is 10.5 Å². The van der Waals surface area contributed by atoms with Crippen LogP contribution in [0.1, 0.15) is 19.4 Å². The SMILES string of the molecule is CCN(CC)C(=O)ON1C(=O)[C@@H](N)Cc2cc(Oc3ccccc3)ccc21. The number of ether oxygens (including phenoxy) is 1. The molecule has 0 spiro atoms. The summed E-state index contributed by atoms with van der Waals surface area (Å²) in [6.45, 7) is 4.66. The molecule has 0 fully saturated rings. The van der Waals surface area contributed by atoms with E-state index >= 15 is 0 Å². The number of carbonyl (C=O) groups is 2. The van der Waals surface area contributed by atoms with Crippen LogP contribution < -0.4 is 15.5 Å². The minimum absolute atomic E-state index is 0.347. The molecule has 0 saturated carbocycles. The largest absolute Gasteiger partial charge is 0.457 e. The summed E-state index contributed by atoms with van der Waals surface area (Å²) in [7, 11) is 0. The quantitative estimate of drug-likeness (QED) is 0.875. The fourth-order valence-electron chi connectivity index (χ4n) is 2.92. The fourth-order valence-corrected chi connectivity index (χ4v) is 2.92. The van der Waals surface area contributed by atoms with Crippen molar-refractivity contribution >= 4 is 17.7 Å². The van der Waals surface area contributed by atoms with Crippen LogP contribution in [-0.2, 0) is 16.1 Å². The topological polar surface area (TPSA) is 85.1 Å². The van der Waals surface area contributed by atoms with Crippen LogP contribution in [0.15, 0.2) is 48.5 Å². The zero-order valence-corrected chi connectivity index (χ0v) is 15.4. The van der Waals surface area contributed by atoms with Crippen molar-refractivity contribution < 1.29 is 19.2 Å². The molecule has 0 aromatic heterocycles. The molecule has 27 heavy (non-hydrogen) atoms. The number of benzene rings is 2. The van der Waals surface area contributed by atoms with Crippen LogP contribution in [-0.4, -0.2) is 36.0 Å². The van der Waals surface area contributed by atoms with Gasteiger partial charge in [0.25, 0.3) is 5.91 Å². The lowest BCUT2D eigenvalue weighted by Gasteiger charge is -2.32. The first-order valence-electron chi connectivity index (χ1n) is 8.95. The van der Waals surface area contributed by atoms with E-state index in [4.69, 9.17) is 15.3 Å². The van der Waals surface area contributed by atoms with E-state index in [2.05, 4.69) is 0 Å². The standard InChI is InChI=1S/C20H23N3O4/c1-3-22(4-2)20(25)27-23-18-11-10-16(26-15-8-6-5-7-9-15)12-14(18)13-17(21)19(23)24/h5-12,17H,3-4,13,21H2,1-2H3/t17-/m0/s1. The number of nitrogens with zero attached hydrogens (tertiary/aromatic N) is 2. The van der Waals surface area contributed by atoms with Crippen LogP contribution in [0.25, 0.3) is 0 Å². The van der Waals surface area contributed by atoms with Crippen LogP contribution in [0.3, 0.4) is 0 Å². The highest BCUT2D eigenvalue weighted by Crippen LogP contribution is 2.33. The first-order valence-corrected chi connectivity index (χ1v) is 8.95. The van der Waals surface area contributed by atoms with E-state index in [-0.39, 0.29) is 0 Å². The number of rotatable bonds is 5. The zero-order valence-electron chi connectivity index (χ0n) is 15.4. The van der Waals surface area contributed by atoms with Crippen LogP contribution >= 0.6 is 0 Å². The second-order valence-electron chi connectivity index (χ2n) is 6.18. The lowest BCUT2D eigenvalue weighted by Crippen LogP contribution is -2.51. The molecular formula is C20H23N3O4. The number of para-hydroxylation sites is 1. The number of hydroxylamine groups is 1. The maximum absolute atomic E-state index is 12.5. The molecule has 2 aromatic carbocycles. The summed E-state index contributed by atoms with van der Waals surface area (Å²) in [6.07, 6.45) is -0.238. The molecule has 3 rings (SSSR count). The van der Waals surface area contributed by atoms with E-state index in [0.29, 0.717) is 36.7 Å². The molecule has 142 valence electrons. The Balaban J connectivity index is 1.86. The average Bonchev–Trinajstić information content (AvgIpc) is 2.67. The predicted octanol–water partition coefficient (Wildman–Crippen LogP) is 3.09. The van der Waals surface area contributed by atoms with Gasteiger partial charge in [-0.25, -0.2) is 4.79 Å². The number of amides is 2. The van der Waals surface area contributed by atoms with Crippen molar-refractivity contribution in [3.05, 3.63) is 54.1 Å². The second-order valence-corrected chi connectivity index (χ2v) is 6.18. The van der Waals surface area contributed by atoms with Gasteiger partial charge in [-0.2, -0.15) is 0 Å². The maximum Gasteiger partial charge on any atom is 0.434 e. The van der Waals surface area contributed by atoms with Crippen LogP contribution in [0.2, 0.25) is 0 Å². The first-order chi connectivity index (χ1) is 13.0. The van der Waals surface area contributed by atoms with Crippen molar-refractivity contribution in [3.63, 3.8) is 0 Å². The van der Waals surface area contributed by atoms with E-state index < -0.39 is 18.0 Å². The Labute approximate surface area is 158 Å². The molecule has 2 N–H and O–H groups in total. The Bertz CT molecular complexity index is 821. The molecule has 0 unspecified atom stereocenters. The maximum atomic E-state index is 12.5. The Hall–Kier alpha value is -3.06. The lowest BCUT2D eigenvalue weighted by molar-refractivity contribution is -0.126. The van der Waals surface area contributed by atoms with Crippen LogP contribution in [0, 0.1) is 0 Å². The van der Waals surface area contributed by atoms with E-state index in [0.717, 1.165) is 10.6 Å². The Morgan fingerprint density at radius 1 is 1.15 bits per heavy atom. The normalized spacial score (nSPS) is 15.9. The molecule has 1 heterocycles. The lowest BCUT2D eigenvalue weighted by atomic mass is 9.99.